The smallest absolute Gasteiger partial charge is 0.255 e. The predicted octanol–water partition coefficient (Wildman–Crippen LogP) is 5.55. The summed E-state index contributed by atoms with van der Waals surface area (Å²) >= 11 is 1.68. The highest BCUT2D eigenvalue weighted by molar-refractivity contribution is 7.99. The minimum Gasteiger partial charge on any atom is -0.497 e. The van der Waals surface area contributed by atoms with Crippen molar-refractivity contribution in [2.24, 2.45) is 0 Å². The molecule has 0 aromatic heterocycles. The average molecular weight is 389 g/mol. The number of carbonyl (C=O) groups is 1. The lowest BCUT2D eigenvalue weighted by Crippen LogP contribution is -2.26. The highest BCUT2D eigenvalue weighted by Crippen LogP contribution is 2.47. The molecule has 3 aromatic rings. The van der Waals surface area contributed by atoms with E-state index in [1.807, 2.05) is 60.7 Å². The number of methoxy groups -OCH3 is 2. The van der Waals surface area contributed by atoms with Crippen LogP contribution in [0.1, 0.15) is 5.56 Å². The van der Waals surface area contributed by atoms with Crippen molar-refractivity contribution in [3.63, 3.8) is 0 Å². The van der Waals surface area contributed by atoms with Gasteiger partial charge in [0.2, 0.25) is 0 Å². The zero-order chi connectivity index (χ0) is 19.5. The Morgan fingerprint density at radius 2 is 1.54 bits per heavy atom. The quantitative estimate of drug-likeness (QED) is 0.549. The van der Waals surface area contributed by atoms with E-state index < -0.39 is 0 Å². The molecule has 4 rings (SSSR count). The maximum atomic E-state index is 13.2. The normalized spacial score (nSPS) is 12.4. The van der Waals surface area contributed by atoms with E-state index in [1.165, 1.54) is 0 Å². The molecule has 0 bridgehead atoms. The molecule has 0 atom stereocenters. The largest absolute Gasteiger partial charge is 0.497 e. The molecule has 3 aromatic carbocycles. The summed E-state index contributed by atoms with van der Waals surface area (Å²) in [6.07, 6.45) is 3.35. The van der Waals surface area contributed by atoms with Gasteiger partial charge in [0.25, 0.3) is 5.91 Å². The van der Waals surface area contributed by atoms with E-state index in [2.05, 4.69) is 0 Å². The van der Waals surface area contributed by atoms with E-state index >= 15 is 0 Å². The van der Waals surface area contributed by atoms with Crippen LogP contribution in [0.3, 0.4) is 0 Å². The molecule has 4 nitrogen and oxygen atoms in total. The maximum Gasteiger partial charge on any atom is 0.255 e. The van der Waals surface area contributed by atoms with Crippen molar-refractivity contribution >= 4 is 35.1 Å². The van der Waals surface area contributed by atoms with Crippen LogP contribution in [-0.2, 0) is 4.79 Å². The van der Waals surface area contributed by atoms with Crippen LogP contribution in [0.2, 0.25) is 0 Å². The number of anilines is 2. The van der Waals surface area contributed by atoms with Gasteiger partial charge in [-0.3, -0.25) is 9.69 Å². The van der Waals surface area contributed by atoms with Crippen LogP contribution in [-0.4, -0.2) is 20.1 Å². The fourth-order valence-corrected chi connectivity index (χ4v) is 4.19. The van der Waals surface area contributed by atoms with Gasteiger partial charge in [0.15, 0.2) is 0 Å². The first-order valence-corrected chi connectivity index (χ1v) is 9.63. The van der Waals surface area contributed by atoms with E-state index in [0.29, 0.717) is 11.5 Å². The molecule has 1 aliphatic rings. The van der Waals surface area contributed by atoms with Crippen molar-refractivity contribution in [2.45, 2.75) is 9.79 Å². The number of fused-ring (bicyclic) bond motifs is 2. The molecule has 0 fully saturated rings. The van der Waals surface area contributed by atoms with E-state index in [-0.39, 0.29) is 5.91 Å². The molecule has 0 spiro atoms. The summed E-state index contributed by atoms with van der Waals surface area (Å²) in [7, 11) is 3.21. The summed E-state index contributed by atoms with van der Waals surface area (Å²) in [6.45, 7) is 0. The van der Waals surface area contributed by atoms with Gasteiger partial charge in [-0.25, -0.2) is 0 Å². The summed E-state index contributed by atoms with van der Waals surface area (Å²) < 4.78 is 10.6. The van der Waals surface area contributed by atoms with E-state index in [1.54, 1.807) is 49.1 Å². The molecule has 1 aliphatic heterocycles. The Hall–Kier alpha value is -3.18. The molecule has 1 heterocycles. The molecule has 5 heteroatoms. The number of hydrogen-bond donors (Lipinski definition) is 0. The molecule has 1 amide bonds. The number of hydrogen-bond acceptors (Lipinski definition) is 4. The fraction of sp³-hybridized carbons (Fsp3) is 0.0870. The molecule has 28 heavy (non-hydrogen) atoms. The van der Waals surface area contributed by atoms with Crippen LogP contribution in [0.15, 0.2) is 82.6 Å². The van der Waals surface area contributed by atoms with Gasteiger partial charge in [-0.15, -0.1) is 0 Å². The van der Waals surface area contributed by atoms with Crippen molar-refractivity contribution in [1.82, 2.24) is 0 Å². The molecule has 0 aliphatic carbocycles. The zero-order valence-electron chi connectivity index (χ0n) is 15.6. The second-order valence-electron chi connectivity index (χ2n) is 6.15. The number of amides is 1. The Morgan fingerprint density at radius 3 is 2.14 bits per heavy atom. The van der Waals surface area contributed by atoms with E-state index in [0.717, 1.165) is 26.7 Å². The molecule has 0 unspecified atom stereocenters. The van der Waals surface area contributed by atoms with Crippen LogP contribution in [0.4, 0.5) is 11.4 Å². The van der Waals surface area contributed by atoms with Crippen molar-refractivity contribution in [3.8, 4) is 11.5 Å². The topological polar surface area (TPSA) is 38.8 Å². The predicted molar refractivity (Wildman–Crippen MR) is 113 cm³/mol. The van der Waals surface area contributed by atoms with Crippen molar-refractivity contribution < 1.29 is 14.3 Å². The average Bonchev–Trinajstić information content (AvgIpc) is 2.75. The second kappa shape index (κ2) is 7.82. The van der Waals surface area contributed by atoms with Crippen molar-refractivity contribution in [3.05, 3.63) is 78.4 Å². The molecule has 0 saturated heterocycles. The molecule has 0 saturated carbocycles. The highest BCUT2D eigenvalue weighted by Gasteiger charge is 2.26. The minimum atomic E-state index is -0.113. The number of nitrogens with zero attached hydrogens (tertiary/aromatic N) is 1. The van der Waals surface area contributed by atoms with Crippen LogP contribution in [0, 0.1) is 0 Å². The van der Waals surface area contributed by atoms with Crippen LogP contribution >= 0.6 is 11.8 Å². The summed E-state index contributed by atoms with van der Waals surface area (Å²) in [4.78, 5) is 17.1. The standard InChI is InChI=1S/C23H19NO3S/c1-26-17-13-11-16(20(15-17)27-2)12-14-23(25)24-18-7-3-5-9-21(18)28-22-10-6-4-8-19(22)24/h3-15H,1-2H3/b14-12+. The summed E-state index contributed by atoms with van der Waals surface area (Å²) in [5, 5.41) is 0. The Morgan fingerprint density at radius 1 is 0.893 bits per heavy atom. The Kier molecular flexibility index (Phi) is 5.08. The number of para-hydroxylation sites is 2. The van der Waals surface area contributed by atoms with Gasteiger partial charge >= 0.3 is 0 Å². The molecule has 0 radical (unpaired) electrons. The number of ether oxygens (including phenoxy) is 2. The fourth-order valence-electron chi connectivity index (χ4n) is 3.13. The second-order valence-corrected chi connectivity index (χ2v) is 7.24. The first-order chi connectivity index (χ1) is 13.7. The zero-order valence-corrected chi connectivity index (χ0v) is 16.4. The van der Waals surface area contributed by atoms with Gasteiger partial charge in [-0.2, -0.15) is 0 Å². The number of rotatable bonds is 4. The Bertz CT molecular complexity index is 1020. The lowest BCUT2D eigenvalue weighted by atomic mass is 10.1. The number of carbonyl (C=O) groups excluding carboxylic acids is 1. The van der Waals surface area contributed by atoms with Gasteiger partial charge < -0.3 is 9.47 Å². The summed E-state index contributed by atoms with van der Waals surface area (Å²) in [6, 6.07) is 21.4. The van der Waals surface area contributed by atoms with Crippen molar-refractivity contribution in [2.75, 3.05) is 19.1 Å². The molecule has 0 N–H and O–H groups in total. The van der Waals surface area contributed by atoms with Crippen molar-refractivity contribution in [1.29, 1.82) is 0 Å². The minimum absolute atomic E-state index is 0.113. The highest BCUT2D eigenvalue weighted by atomic mass is 32.2. The van der Waals surface area contributed by atoms with Gasteiger partial charge in [0, 0.05) is 27.5 Å². The lowest BCUT2D eigenvalue weighted by Gasteiger charge is -2.30. The van der Waals surface area contributed by atoms with Crippen LogP contribution in [0.25, 0.3) is 6.08 Å². The number of benzene rings is 3. The molecule has 140 valence electrons. The maximum absolute atomic E-state index is 13.2. The third-order valence-electron chi connectivity index (χ3n) is 4.50. The Labute approximate surface area is 168 Å². The third-order valence-corrected chi connectivity index (χ3v) is 5.63. The first kappa shape index (κ1) is 18.2. The monoisotopic (exact) mass is 389 g/mol. The first-order valence-electron chi connectivity index (χ1n) is 8.81. The van der Waals surface area contributed by atoms with Gasteiger partial charge in [0.1, 0.15) is 11.5 Å². The van der Waals surface area contributed by atoms with Gasteiger partial charge in [-0.05, 0) is 42.5 Å². The molecular formula is C23H19NO3S. The lowest BCUT2D eigenvalue weighted by molar-refractivity contribution is -0.113. The van der Waals surface area contributed by atoms with E-state index in [4.69, 9.17) is 9.47 Å². The van der Waals surface area contributed by atoms with Gasteiger partial charge in [0.05, 0.1) is 25.6 Å². The summed E-state index contributed by atoms with van der Waals surface area (Å²) in [5.41, 5.74) is 2.59. The SMILES string of the molecule is COc1ccc(/C=C/C(=O)N2c3ccccc3Sc3ccccc32)c(OC)c1. The Balaban J connectivity index is 1.70. The molecular weight excluding hydrogens is 370 g/mol. The third kappa shape index (κ3) is 3.37. The van der Waals surface area contributed by atoms with Crippen LogP contribution in [0.5, 0.6) is 11.5 Å². The van der Waals surface area contributed by atoms with Gasteiger partial charge in [-0.1, -0.05) is 36.0 Å². The summed E-state index contributed by atoms with van der Waals surface area (Å²) in [5.74, 6) is 1.24. The van der Waals surface area contributed by atoms with Crippen LogP contribution < -0.4 is 14.4 Å². The van der Waals surface area contributed by atoms with E-state index in [9.17, 15) is 4.79 Å².